The van der Waals surface area contributed by atoms with Gasteiger partial charge in [-0.1, -0.05) is 78.9 Å². The van der Waals surface area contributed by atoms with Gasteiger partial charge in [-0.15, -0.1) is 0 Å². The zero-order valence-electron chi connectivity index (χ0n) is 17.0. The summed E-state index contributed by atoms with van der Waals surface area (Å²) in [6.07, 6.45) is 0. The van der Waals surface area contributed by atoms with Crippen LogP contribution in [0, 0.1) is 0 Å². The summed E-state index contributed by atoms with van der Waals surface area (Å²) in [4.78, 5) is 13.4. The second-order valence-electron chi connectivity index (χ2n) is 8.05. The van der Waals surface area contributed by atoms with E-state index in [1.807, 2.05) is 68.4 Å². The molecular weight excluding hydrogens is 370 g/mol. The van der Waals surface area contributed by atoms with Crippen molar-refractivity contribution in [2.45, 2.75) is 19.5 Å². The molecule has 1 amide bonds. The molecule has 0 saturated heterocycles. The zero-order valence-corrected chi connectivity index (χ0v) is 17.0. The lowest BCUT2D eigenvalue weighted by Crippen LogP contribution is -2.53. The molecule has 0 atom stereocenters. The molecule has 148 valence electrons. The van der Waals surface area contributed by atoms with Crippen LogP contribution in [-0.2, 0) is 0 Å². The Morgan fingerprint density at radius 1 is 0.667 bits per heavy atom. The third-order valence-corrected chi connectivity index (χ3v) is 5.38. The molecule has 1 aliphatic heterocycles. The van der Waals surface area contributed by atoms with E-state index in [2.05, 4.69) is 51.6 Å². The number of nitrogens with zero attached hydrogens (tertiary/aromatic N) is 1. The van der Waals surface area contributed by atoms with Crippen molar-refractivity contribution in [3.63, 3.8) is 0 Å². The first-order chi connectivity index (χ1) is 14.6. The number of hydrogen-bond acceptors (Lipinski definition) is 2. The highest BCUT2D eigenvalue weighted by Gasteiger charge is 2.37. The lowest BCUT2D eigenvalue weighted by atomic mass is 9.96. The maximum atomic E-state index is 13.4. The van der Waals surface area contributed by atoms with Crippen molar-refractivity contribution >= 4 is 11.7 Å². The fraction of sp³-hybridized carbons (Fsp3) is 0.115. The first kappa shape index (κ1) is 18.3. The Bertz CT molecular complexity index is 1210. The minimum atomic E-state index is -0.559. The molecule has 30 heavy (non-hydrogen) atoms. The molecule has 4 aromatic rings. The van der Waals surface area contributed by atoms with Crippen molar-refractivity contribution in [1.82, 2.24) is 9.88 Å². The molecule has 5 rings (SSSR count). The molecule has 3 aromatic carbocycles. The predicted octanol–water partition coefficient (Wildman–Crippen LogP) is 5.70. The summed E-state index contributed by atoms with van der Waals surface area (Å²) >= 11 is 0. The number of hydrogen-bond donors (Lipinski definition) is 2. The minimum Gasteiger partial charge on any atom is -0.348 e. The second-order valence-corrected chi connectivity index (χ2v) is 8.05. The molecule has 1 aliphatic rings. The molecule has 0 radical (unpaired) electrons. The first-order valence-corrected chi connectivity index (χ1v) is 10.1. The van der Waals surface area contributed by atoms with E-state index >= 15 is 0 Å². The lowest BCUT2D eigenvalue weighted by molar-refractivity contribution is 0.0914. The van der Waals surface area contributed by atoms with Crippen LogP contribution in [0.2, 0.25) is 0 Å². The van der Waals surface area contributed by atoms with Crippen molar-refractivity contribution in [1.29, 1.82) is 0 Å². The molecule has 2 heterocycles. The van der Waals surface area contributed by atoms with Crippen LogP contribution in [0.1, 0.15) is 24.2 Å². The number of carbonyl (C=O) groups excluding carboxylic acids is 1. The number of fused-ring (bicyclic) bond motifs is 1. The second kappa shape index (κ2) is 6.92. The number of benzene rings is 3. The molecule has 0 aliphatic carbocycles. The summed E-state index contributed by atoms with van der Waals surface area (Å²) in [6.45, 7) is 3.95. The van der Waals surface area contributed by atoms with Gasteiger partial charge in [-0.2, -0.15) is 0 Å². The van der Waals surface area contributed by atoms with Crippen molar-refractivity contribution in [2.75, 3.05) is 5.32 Å². The maximum absolute atomic E-state index is 13.4. The van der Waals surface area contributed by atoms with Crippen LogP contribution >= 0.6 is 0 Å². The van der Waals surface area contributed by atoms with Crippen LogP contribution < -0.4 is 10.6 Å². The standard InChI is InChI=1S/C26H23N3O/c1-26(2)27-24-22(25(30)28-26)21(18-12-6-3-7-13-18)23(19-14-8-4-9-15-19)29(24)20-16-10-5-11-17-20/h3-17,27H,1-2H3,(H,28,30). The summed E-state index contributed by atoms with van der Waals surface area (Å²) in [7, 11) is 0. The molecule has 4 nitrogen and oxygen atoms in total. The van der Waals surface area contributed by atoms with Crippen LogP contribution in [0.4, 0.5) is 5.82 Å². The van der Waals surface area contributed by atoms with E-state index in [1.54, 1.807) is 0 Å². The first-order valence-electron chi connectivity index (χ1n) is 10.1. The van der Waals surface area contributed by atoms with Gasteiger partial charge in [0.1, 0.15) is 11.5 Å². The summed E-state index contributed by atoms with van der Waals surface area (Å²) in [5.74, 6) is 0.743. The average Bonchev–Trinajstić information content (AvgIpc) is 3.09. The van der Waals surface area contributed by atoms with Gasteiger partial charge in [-0.05, 0) is 37.1 Å². The van der Waals surface area contributed by atoms with Gasteiger partial charge in [0, 0.05) is 11.3 Å². The van der Waals surface area contributed by atoms with Gasteiger partial charge in [-0.25, -0.2) is 0 Å². The van der Waals surface area contributed by atoms with Crippen LogP contribution in [0.15, 0.2) is 91.0 Å². The largest absolute Gasteiger partial charge is 0.348 e. The predicted molar refractivity (Wildman–Crippen MR) is 122 cm³/mol. The molecule has 0 spiro atoms. The zero-order chi connectivity index (χ0) is 20.7. The Morgan fingerprint density at radius 3 is 1.80 bits per heavy atom. The van der Waals surface area contributed by atoms with Crippen molar-refractivity contribution in [3.8, 4) is 28.1 Å². The van der Waals surface area contributed by atoms with Crippen LogP contribution in [0.3, 0.4) is 0 Å². The molecule has 0 bridgehead atoms. The van der Waals surface area contributed by atoms with E-state index in [9.17, 15) is 4.79 Å². The number of aromatic nitrogens is 1. The Balaban J connectivity index is 1.94. The molecule has 4 heteroatoms. The number of anilines is 1. The molecule has 0 saturated carbocycles. The minimum absolute atomic E-state index is 0.0699. The molecule has 0 unspecified atom stereocenters. The van der Waals surface area contributed by atoms with Crippen molar-refractivity contribution in [2.24, 2.45) is 0 Å². The quantitative estimate of drug-likeness (QED) is 0.469. The summed E-state index contributed by atoms with van der Waals surface area (Å²) in [5, 5.41) is 6.67. The van der Waals surface area contributed by atoms with Gasteiger partial charge in [-0.3, -0.25) is 9.36 Å². The van der Waals surface area contributed by atoms with E-state index in [-0.39, 0.29) is 5.91 Å². The molecular formula is C26H23N3O. The summed E-state index contributed by atoms with van der Waals surface area (Å²) in [5.41, 5.74) is 5.12. The highest BCUT2D eigenvalue weighted by Crippen LogP contribution is 2.45. The van der Waals surface area contributed by atoms with E-state index in [0.29, 0.717) is 5.56 Å². The summed E-state index contributed by atoms with van der Waals surface area (Å²) < 4.78 is 2.17. The molecule has 0 fully saturated rings. The Hall–Kier alpha value is -3.79. The Morgan fingerprint density at radius 2 is 1.20 bits per heavy atom. The Labute approximate surface area is 176 Å². The maximum Gasteiger partial charge on any atom is 0.257 e. The third kappa shape index (κ3) is 2.98. The number of nitrogens with one attached hydrogen (secondary N) is 2. The van der Waals surface area contributed by atoms with E-state index in [1.165, 1.54) is 0 Å². The monoisotopic (exact) mass is 393 g/mol. The van der Waals surface area contributed by atoms with Crippen molar-refractivity contribution in [3.05, 3.63) is 96.6 Å². The van der Waals surface area contributed by atoms with E-state index < -0.39 is 5.66 Å². The van der Waals surface area contributed by atoms with Gasteiger partial charge < -0.3 is 10.6 Å². The highest BCUT2D eigenvalue weighted by atomic mass is 16.2. The highest BCUT2D eigenvalue weighted by molar-refractivity contribution is 6.12. The number of amides is 1. The van der Waals surface area contributed by atoms with Gasteiger partial charge in [0.05, 0.1) is 11.3 Å². The number of para-hydroxylation sites is 1. The normalized spacial score (nSPS) is 14.5. The van der Waals surface area contributed by atoms with Crippen molar-refractivity contribution < 1.29 is 4.79 Å². The third-order valence-electron chi connectivity index (χ3n) is 5.38. The smallest absolute Gasteiger partial charge is 0.257 e. The Kier molecular flexibility index (Phi) is 4.21. The van der Waals surface area contributed by atoms with Crippen LogP contribution in [0.25, 0.3) is 28.1 Å². The van der Waals surface area contributed by atoms with Gasteiger partial charge in [0.2, 0.25) is 0 Å². The van der Waals surface area contributed by atoms with Crippen LogP contribution in [0.5, 0.6) is 0 Å². The SMILES string of the molecule is CC1(C)NC(=O)c2c(-c3ccccc3)c(-c3ccccc3)n(-c3ccccc3)c2N1. The average molecular weight is 393 g/mol. The van der Waals surface area contributed by atoms with E-state index in [0.717, 1.165) is 33.9 Å². The van der Waals surface area contributed by atoms with Gasteiger partial charge in [0.25, 0.3) is 5.91 Å². The number of carbonyl (C=O) groups is 1. The van der Waals surface area contributed by atoms with Gasteiger partial charge >= 0.3 is 0 Å². The topological polar surface area (TPSA) is 46.1 Å². The lowest BCUT2D eigenvalue weighted by Gasteiger charge is -2.34. The fourth-order valence-corrected chi connectivity index (χ4v) is 4.18. The van der Waals surface area contributed by atoms with Crippen LogP contribution in [-0.4, -0.2) is 16.1 Å². The molecule has 2 N–H and O–H groups in total. The summed E-state index contributed by atoms with van der Waals surface area (Å²) in [6, 6.07) is 30.6. The van der Waals surface area contributed by atoms with Gasteiger partial charge in [0.15, 0.2) is 0 Å². The number of rotatable bonds is 3. The molecule has 1 aromatic heterocycles. The fourth-order valence-electron chi connectivity index (χ4n) is 4.18. The van der Waals surface area contributed by atoms with E-state index in [4.69, 9.17) is 0 Å².